The van der Waals surface area contributed by atoms with Crippen molar-refractivity contribution in [2.45, 2.75) is 0 Å². The van der Waals surface area contributed by atoms with Crippen LogP contribution in [0.15, 0.2) is 0 Å². The van der Waals surface area contributed by atoms with E-state index in [4.69, 9.17) is 86.3 Å². The molecule has 0 aromatic heterocycles. The second kappa shape index (κ2) is 54.9. The van der Waals surface area contributed by atoms with Gasteiger partial charge >= 0.3 is 138 Å². The van der Waals surface area contributed by atoms with E-state index in [0.29, 0.717) is 0 Å². The van der Waals surface area contributed by atoms with Gasteiger partial charge in [-0.1, -0.05) is 54.8 Å². The molecule has 0 bridgehead atoms. The zero-order chi connectivity index (χ0) is 27.0. The van der Waals surface area contributed by atoms with Crippen LogP contribution in [0.2, 0.25) is 0 Å². The summed E-state index contributed by atoms with van der Waals surface area (Å²) in [5, 5.41) is 0. The van der Waals surface area contributed by atoms with Gasteiger partial charge in [0.25, 0.3) is 0 Å². The maximum absolute atomic E-state index is 10.2. The monoisotopic (exact) mass is 822 g/mol. The minimum atomic E-state index is -5.86. The molecule has 0 saturated heterocycles. The zero-order valence-corrected chi connectivity index (χ0v) is 34.3. The number of halogens is 6. The van der Waals surface area contributed by atoms with Crippen molar-refractivity contribution in [1.29, 1.82) is 0 Å². The van der Waals surface area contributed by atoms with Crippen molar-refractivity contribution >= 4 is 193 Å². The van der Waals surface area contributed by atoms with Crippen molar-refractivity contribution in [2.24, 2.45) is 0 Å². The van der Waals surface area contributed by atoms with Crippen molar-refractivity contribution in [3.05, 3.63) is 0 Å². The van der Waals surface area contributed by atoms with Crippen molar-refractivity contribution in [3.8, 4) is 0 Å². The summed E-state index contributed by atoms with van der Waals surface area (Å²) in [6.45, 7) is 0. The normalized spacial score (nSPS) is 8.57. The average molecular weight is 824 g/mol. The Hall–Kier alpha value is 4.52. The van der Waals surface area contributed by atoms with Gasteiger partial charge in [-0.05, 0) is 0 Å². The Bertz CT molecular complexity index is 256. The Balaban J connectivity index is -0.00000000973. The predicted molar refractivity (Wildman–Crippen MR) is 97.4 cm³/mol. The van der Waals surface area contributed by atoms with E-state index >= 15 is 0 Å². The van der Waals surface area contributed by atoms with E-state index in [1.807, 2.05) is 0 Å². The summed E-state index contributed by atoms with van der Waals surface area (Å²) in [6.07, 6.45) is 0. The average Bonchev–Trinajstić information content (AvgIpc) is 1.94. The summed E-state index contributed by atoms with van der Waals surface area (Å²) in [5.74, 6) is 0. The maximum Gasteiger partial charge on any atom is 2.00 e. The molecular weight excluding hydrogens is 812 g/mol. The topological polar surface area (TPSA) is 604 Å². The maximum atomic E-state index is 10.2. The molecule has 240 valence electrons. The molecule has 0 amide bonds. The minimum Gasteiger partial charge on any atom is -0.857 e. The number of hydrogen-bond donors (Lipinski definition) is 0. The Morgan fingerprint density at radius 1 is 0.190 bits per heavy atom. The van der Waals surface area contributed by atoms with Gasteiger partial charge in [0.05, 0.1) is 0 Å². The van der Waals surface area contributed by atoms with Gasteiger partial charge in [-0.25, -0.2) is 0 Å². The summed E-state index contributed by atoms with van der Waals surface area (Å²) in [7, 11) is -35.2. The van der Waals surface area contributed by atoms with Crippen LogP contribution in [0.25, 0.3) is 0 Å². The summed E-state index contributed by atoms with van der Waals surface area (Å²) in [6, 6.07) is 0. The van der Waals surface area contributed by atoms with Gasteiger partial charge < -0.3 is 144 Å². The molecule has 0 atom stereocenters. The van der Waals surface area contributed by atoms with E-state index in [0.717, 1.165) is 0 Å². The van der Waals surface area contributed by atoms with E-state index < -0.39 is 54.8 Å². The van der Waals surface area contributed by atoms with Gasteiger partial charge in [0.1, 0.15) is 0 Å². The third-order valence-corrected chi connectivity index (χ3v) is 0. The first-order chi connectivity index (χ1) is 12.0. The third-order valence-electron chi connectivity index (χ3n) is 0. The van der Waals surface area contributed by atoms with E-state index in [-0.39, 0.29) is 171 Å². The van der Waals surface area contributed by atoms with Gasteiger partial charge in [-0.3, -0.25) is 0 Å². The molecule has 12 N–H and O–H groups in total. The SMILES string of the molecule is O.O.O.O.O.O.[Mg+2].[Mg+2].[Mg+2].[Mg+2].[Mg+2].[Mg+2].[O-][Si]([O-])([O-])F.[O-][Si]([O-])([O-])F.[O-][Si]([O-])([O-])F.[O-][Si]([O-])([O-])F.[O-][Si]([O-])([O-])F.[O-][Si]([O-])([O-])F. The zero-order valence-electron chi connectivity index (χ0n) is 19.9. The molecule has 0 aliphatic carbocycles. The van der Waals surface area contributed by atoms with Crippen LogP contribution in [0.3, 0.4) is 0 Å². The minimum absolute atomic E-state index is 0. The number of hydrogen-bond acceptors (Lipinski definition) is 18. The van der Waals surface area contributed by atoms with E-state index in [1.54, 1.807) is 0 Å². The summed E-state index contributed by atoms with van der Waals surface area (Å²) >= 11 is 0. The fraction of sp³-hybridized carbons (Fsp3) is 0. The first-order valence-electron chi connectivity index (χ1n) is 4.81. The van der Waals surface area contributed by atoms with E-state index in [2.05, 4.69) is 0 Å². The molecular formula is H12F6Mg6O24Si6-6. The predicted octanol–water partition coefficient (Wildman–Crippen LogP) is -28.4. The quantitative estimate of drug-likeness (QED) is 0.124. The Labute approximate surface area is 333 Å². The molecule has 0 rings (SSSR count). The Morgan fingerprint density at radius 3 is 0.190 bits per heavy atom. The summed E-state index contributed by atoms with van der Waals surface area (Å²) in [4.78, 5) is 152. The fourth-order valence-corrected chi connectivity index (χ4v) is 0. The third kappa shape index (κ3) is 4130. The standard InChI is InChI=1S/6FO3Si.6Mg.6H2O/c6*1-5(2,3)4;;;;;;;;;;;;/h;;;;;;;;;;;;6*1H2/q6*-3;6*+2;;;;;;. The van der Waals surface area contributed by atoms with E-state index in [1.165, 1.54) is 0 Å². The van der Waals surface area contributed by atoms with Crippen LogP contribution in [-0.4, -0.2) is 226 Å². The Morgan fingerprint density at radius 2 is 0.190 bits per heavy atom. The molecule has 0 heterocycles. The van der Waals surface area contributed by atoms with Gasteiger partial charge in [-0.2, -0.15) is 0 Å². The summed E-state index contributed by atoms with van der Waals surface area (Å²) in [5.41, 5.74) is 0. The molecule has 0 saturated carbocycles. The van der Waals surface area contributed by atoms with Crippen LogP contribution in [0, 0.1) is 0 Å². The van der Waals surface area contributed by atoms with Crippen LogP contribution in [0.1, 0.15) is 0 Å². The fourth-order valence-electron chi connectivity index (χ4n) is 0. The second-order valence-electron chi connectivity index (χ2n) is 2.89. The molecule has 0 aliphatic heterocycles. The molecule has 42 heavy (non-hydrogen) atoms. The molecule has 0 aromatic carbocycles. The molecule has 0 fully saturated rings. The molecule has 0 radical (unpaired) electrons. The van der Waals surface area contributed by atoms with Crippen molar-refractivity contribution in [3.63, 3.8) is 0 Å². The first kappa shape index (κ1) is 119. The van der Waals surface area contributed by atoms with Crippen molar-refractivity contribution in [2.75, 3.05) is 0 Å². The van der Waals surface area contributed by atoms with Gasteiger partial charge in [0.15, 0.2) is 0 Å². The summed E-state index contributed by atoms with van der Waals surface area (Å²) < 4.78 is 61.0. The Kier molecular flexibility index (Phi) is 155. The van der Waals surface area contributed by atoms with Crippen molar-refractivity contribution in [1.82, 2.24) is 0 Å². The van der Waals surface area contributed by atoms with Crippen LogP contribution in [-0.2, 0) is 0 Å². The largest absolute Gasteiger partial charge is 2.00 e. The van der Waals surface area contributed by atoms with Gasteiger partial charge in [0, 0.05) is 0 Å². The van der Waals surface area contributed by atoms with Crippen molar-refractivity contribution < 1.29 is 144 Å². The smallest absolute Gasteiger partial charge is 0.857 e. The molecule has 24 nitrogen and oxygen atoms in total. The van der Waals surface area contributed by atoms with Gasteiger partial charge in [-0.15, -0.1) is 0 Å². The van der Waals surface area contributed by atoms with Gasteiger partial charge in [0.2, 0.25) is 0 Å². The second-order valence-corrected chi connectivity index (χ2v) is 8.67. The molecule has 0 unspecified atom stereocenters. The van der Waals surface area contributed by atoms with Crippen LogP contribution < -0.4 is 86.3 Å². The van der Waals surface area contributed by atoms with Crippen LogP contribution >= 0.6 is 0 Å². The molecule has 0 aromatic rings. The van der Waals surface area contributed by atoms with Crippen LogP contribution in [0.4, 0.5) is 24.6 Å². The first-order valence-corrected chi connectivity index (χ1v) is 14.4. The molecule has 0 spiro atoms. The number of rotatable bonds is 0. The molecule has 0 aliphatic rings. The van der Waals surface area contributed by atoms with E-state index in [9.17, 15) is 24.6 Å². The van der Waals surface area contributed by atoms with Crippen LogP contribution in [0.5, 0.6) is 0 Å². The molecule has 42 heteroatoms.